The SMILES string of the molecule is CN1CCC(C2CCNC2=O)CC1. The summed E-state index contributed by atoms with van der Waals surface area (Å²) in [6, 6.07) is 0. The van der Waals surface area contributed by atoms with E-state index in [0.717, 1.165) is 26.1 Å². The van der Waals surface area contributed by atoms with Crippen molar-refractivity contribution in [1.82, 2.24) is 10.2 Å². The Bertz CT molecular complexity index is 197. The Hall–Kier alpha value is -0.570. The van der Waals surface area contributed by atoms with E-state index >= 15 is 0 Å². The Morgan fingerprint density at radius 2 is 2.00 bits per heavy atom. The highest BCUT2D eigenvalue weighted by Crippen LogP contribution is 2.28. The zero-order valence-electron chi connectivity index (χ0n) is 8.25. The predicted octanol–water partition coefficient (Wildman–Crippen LogP) is 0.464. The third-order valence-corrected chi connectivity index (χ3v) is 3.42. The molecule has 1 amide bonds. The largest absolute Gasteiger partial charge is 0.356 e. The predicted molar refractivity (Wildman–Crippen MR) is 51.3 cm³/mol. The molecule has 3 heteroatoms. The van der Waals surface area contributed by atoms with Gasteiger partial charge in [-0.15, -0.1) is 0 Å². The van der Waals surface area contributed by atoms with Gasteiger partial charge in [-0.05, 0) is 45.3 Å². The van der Waals surface area contributed by atoms with E-state index in [1.807, 2.05) is 0 Å². The summed E-state index contributed by atoms with van der Waals surface area (Å²) in [6.07, 6.45) is 3.47. The molecule has 2 saturated heterocycles. The minimum atomic E-state index is 0.301. The third kappa shape index (κ3) is 1.85. The molecule has 2 fully saturated rings. The highest BCUT2D eigenvalue weighted by Gasteiger charge is 2.33. The molecule has 0 radical (unpaired) electrons. The van der Waals surface area contributed by atoms with Gasteiger partial charge in [0.15, 0.2) is 0 Å². The summed E-state index contributed by atoms with van der Waals surface area (Å²) in [5, 5.41) is 2.93. The summed E-state index contributed by atoms with van der Waals surface area (Å²) in [7, 11) is 2.16. The van der Waals surface area contributed by atoms with Crippen molar-refractivity contribution in [3.63, 3.8) is 0 Å². The van der Waals surface area contributed by atoms with Crippen molar-refractivity contribution in [2.75, 3.05) is 26.7 Å². The number of nitrogens with one attached hydrogen (secondary N) is 1. The summed E-state index contributed by atoms with van der Waals surface area (Å²) in [4.78, 5) is 13.8. The van der Waals surface area contributed by atoms with E-state index in [1.165, 1.54) is 12.8 Å². The van der Waals surface area contributed by atoms with Gasteiger partial charge in [-0.2, -0.15) is 0 Å². The number of likely N-dealkylation sites (tertiary alicyclic amines) is 1. The van der Waals surface area contributed by atoms with Crippen LogP contribution < -0.4 is 5.32 Å². The second-order valence-corrected chi connectivity index (χ2v) is 4.33. The van der Waals surface area contributed by atoms with Gasteiger partial charge in [0, 0.05) is 12.5 Å². The van der Waals surface area contributed by atoms with Crippen LogP contribution in [0.2, 0.25) is 0 Å². The van der Waals surface area contributed by atoms with Gasteiger partial charge < -0.3 is 10.2 Å². The molecule has 1 N–H and O–H groups in total. The molecule has 13 heavy (non-hydrogen) atoms. The maximum absolute atomic E-state index is 11.4. The van der Waals surface area contributed by atoms with E-state index < -0.39 is 0 Å². The highest BCUT2D eigenvalue weighted by atomic mass is 16.2. The normalized spacial score (nSPS) is 32.1. The van der Waals surface area contributed by atoms with Gasteiger partial charge in [0.1, 0.15) is 0 Å². The average Bonchev–Trinajstić information content (AvgIpc) is 2.53. The molecular formula is C10H18N2O. The molecule has 1 unspecified atom stereocenters. The van der Waals surface area contributed by atoms with Crippen molar-refractivity contribution in [3.05, 3.63) is 0 Å². The summed E-state index contributed by atoms with van der Waals surface area (Å²) < 4.78 is 0. The molecule has 74 valence electrons. The van der Waals surface area contributed by atoms with Crippen LogP contribution in [0.1, 0.15) is 19.3 Å². The fraction of sp³-hybridized carbons (Fsp3) is 0.900. The zero-order chi connectivity index (χ0) is 9.26. The van der Waals surface area contributed by atoms with Crippen molar-refractivity contribution in [2.24, 2.45) is 11.8 Å². The maximum Gasteiger partial charge on any atom is 0.223 e. The van der Waals surface area contributed by atoms with Gasteiger partial charge in [0.25, 0.3) is 0 Å². The first-order chi connectivity index (χ1) is 6.27. The Morgan fingerprint density at radius 3 is 2.54 bits per heavy atom. The molecule has 0 aromatic carbocycles. The summed E-state index contributed by atoms with van der Waals surface area (Å²) in [5.74, 6) is 1.28. The van der Waals surface area contributed by atoms with Gasteiger partial charge in [-0.3, -0.25) is 4.79 Å². The van der Waals surface area contributed by atoms with Crippen molar-refractivity contribution < 1.29 is 4.79 Å². The van der Waals surface area contributed by atoms with Crippen molar-refractivity contribution in [3.8, 4) is 0 Å². The van der Waals surface area contributed by atoms with Crippen LogP contribution in [0.4, 0.5) is 0 Å². The number of hydrogen-bond donors (Lipinski definition) is 1. The van der Waals surface area contributed by atoms with E-state index in [-0.39, 0.29) is 0 Å². The van der Waals surface area contributed by atoms with Gasteiger partial charge in [-0.25, -0.2) is 0 Å². The zero-order valence-corrected chi connectivity index (χ0v) is 8.25. The Morgan fingerprint density at radius 1 is 1.31 bits per heavy atom. The molecule has 0 aromatic heterocycles. The molecule has 0 bridgehead atoms. The molecule has 2 aliphatic heterocycles. The summed E-state index contributed by atoms with van der Waals surface area (Å²) in [5.41, 5.74) is 0. The standard InChI is InChI=1S/C10H18N2O/c1-12-6-3-8(4-7-12)9-2-5-11-10(9)13/h8-9H,2-7H2,1H3,(H,11,13). The molecule has 0 spiro atoms. The van der Waals surface area contributed by atoms with Gasteiger partial charge >= 0.3 is 0 Å². The number of piperidine rings is 1. The Labute approximate surface area is 79.5 Å². The van der Waals surface area contributed by atoms with E-state index in [9.17, 15) is 4.79 Å². The topological polar surface area (TPSA) is 32.3 Å². The number of nitrogens with zero attached hydrogens (tertiary/aromatic N) is 1. The van der Waals surface area contributed by atoms with Crippen molar-refractivity contribution in [1.29, 1.82) is 0 Å². The quantitative estimate of drug-likeness (QED) is 0.639. The molecule has 0 saturated carbocycles. The van der Waals surface area contributed by atoms with E-state index in [0.29, 0.717) is 17.7 Å². The van der Waals surface area contributed by atoms with Crippen LogP contribution in [0.3, 0.4) is 0 Å². The lowest BCUT2D eigenvalue weighted by atomic mass is 9.83. The van der Waals surface area contributed by atoms with Crippen LogP contribution in [0.15, 0.2) is 0 Å². The van der Waals surface area contributed by atoms with Crippen molar-refractivity contribution in [2.45, 2.75) is 19.3 Å². The summed E-state index contributed by atoms with van der Waals surface area (Å²) in [6.45, 7) is 3.22. The monoisotopic (exact) mass is 182 g/mol. The molecular weight excluding hydrogens is 164 g/mol. The molecule has 2 rings (SSSR count). The minimum absolute atomic E-state index is 0.301. The van der Waals surface area contributed by atoms with Crippen LogP contribution in [-0.2, 0) is 4.79 Å². The van der Waals surface area contributed by atoms with E-state index in [1.54, 1.807) is 0 Å². The third-order valence-electron chi connectivity index (χ3n) is 3.42. The average molecular weight is 182 g/mol. The molecule has 2 aliphatic rings. The Kier molecular flexibility index (Phi) is 2.54. The van der Waals surface area contributed by atoms with E-state index in [2.05, 4.69) is 17.3 Å². The van der Waals surface area contributed by atoms with Gasteiger partial charge in [-0.1, -0.05) is 0 Å². The molecule has 3 nitrogen and oxygen atoms in total. The minimum Gasteiger partial charge on any atom is -0.356 e. The summed E-state index contributed by atoms with van der Waals surface area (Å²) >= 11 is 0. The van der Waals surface area contributed by atoms with Crippen LogP contribution in [0.25, 0.3) is 0 Å². The number of carbonyl (C=O) groups is 1. The second-order valence-electron chi connectivity index (χ2n) is 4.33. The molecule has 2 heterocycles. The van der Waals surface area contributed by atoms with Crippen molar-refractivity contribution >= 4 is 5.91 Å². The van der Waals surface area contributed by atoms with Crippen LogP contribution in [0.5, 0.6) is 0 Å². The second kappa shape index (κ2) is 3.66. The van der Waals surface area contributed by atoms with Gasteiger partial charge in [0.2, 0.25) is 5.91 Å². The lowest BCUT2D eigenvalue weighted by Crippen LogP contribution is -2.35. The first kappa shape index (κ1) is 9.00. The highest BCUT2D eigenvalue weighted by molar-refractivity contribution is 5.80. The smallest absolute Gasteiger partial charge is 0.223 e. The van der Waals surface area contributed by atoms with E-state index in [4.69, 9.17) is 0 Å². The van der Waals surface area contributed by atoms with Crippen LogP contribution >= 0.6 is 0 Å². The fourth-order valence-corrected chi connectivity index (χ4v) is 2.49. The number of rotatable bonds is 1. The number of hydrogen-bond acceptors (Lipinski definition) is 2. The number of carbonyl (C=O) groups excluding carboxylic acids is 1. The lowest BCUT2D eigenvalue weighted by molar-refractivity contribution is -0.124. The lowest BCUT2D eigenvalue weighted by Gasteiger charge is -2.31. The Balaban J connectivity index is 1.90. The van der Waals surface area contributed by atoms with Crippen LogP contribution in [0, 0.1) is 11.8 Å². The van der Waals surface area contributed by atoms with Gasteiger partial charge in [0.05, 0.1) is 0 Å². The first-order valence-corrected chi connectivity index (χ1v) is 5.23. The number of amides is 1. The van der Waals surface area contributed by atoms with Crippen LogP contribution in [-0.4, -0.2) is 37.5 Å². The fourth-order valence-electron chi connectivity index (χ4n) is 2.49. The maximum atomic E-state index is 11.4. The first-order valence-electron chi connectivity index (χ1n) is 5.23. The molecule has 1 atom stereocenters. The molecule has 0 aromatic rings. The molecule has 0 aliphatic carbocycles.